The quantitative estimate of drug-likeness (QED) is 0.653. The molecule has 0 amide bonds. The summed E-state index contributed by atoms with van der Waals surface area (Å²) >= 11 is 3.25. The van der Waals surface area contributed by atoms with Crippen molar-refractivity contribution in [1.29, 1.82) is 0 Å². The first kappa shape index (κ1) is 15.9. The summed E-state index contributed by atoms with van der Waals surface area (Å²) in [6, 6.07) is 6.91. The maximum atomic E-state index is 13.1. The Bertz CT molecular complexity index is 661. The number of nitrogens with zero attached hydrogens (tertiary/aromatic N) is 2. The van der Waals surface area contributed by atoms with E-state index in [1.54, 1.807) is 6.07 Å². The van der Waals surface area contributed by atoms with Gasteiger partial charge in [0.15, 0.2) is 0 Å². The summed E-state index contributed by atoms with van der Waals surface area (Å²) in [5.74, 6) is 0.490. The van der Waals surface area contributed by atoms with Crippen molar-refractivity contribution in [2.24, 2.45) is 0 Å². The summed E-state index contributed by atoms with van der Waals surface area (Å²) in [4.78, 5) is 8.55. The van der Waals surface area contributed by atoms with Gasteiger partial charge in [0.1, 0.15) is 10.4 Å². The number of hydrogen-bond donors (Lipinski definition) is 0. The maximum Gasteiger partial charge on any atom is 0.417 e. The fourth-order valence-corrected chi connectivity index (χ4v) is 2.23. The Hall–Kier alpha value is -1.43. The zero-order valence-electron chi connectivity index (χ0n) is 11.8. The van der Waals surface area contributed by atoms with Crippen LogP contribution in [0.4, 0.5) is 13.2 Å². The largest absolute Gasteiger partial charge is 0.417 e. The highest BCUT2D eigenvalue weighted by molar-refractivity contribution is 9.10. The molecule has 1 aromatic carbocycles. The van der Waals surface area contributed by atoms with Gasteiger partial charge in [0.05, 0.1) is 11.3 Å². The number of benzene rings is 1. The minimum absolute atomic E-state index is 0.0543. The molecule has 1 heterocycles. The summed E-state index contributed by atoms with van der Waals surface area (Å²) in [6.07, 6.45) is -4.42. The van der Waals surface area contributed by atoms with E-state index in [0.717, 1.165) is 6.07 Å². The molecule has 0 N–H and O–H groups in total. The summed E-state index contributed by atoms with van der Waals surface area (Å²) in [5, 5.41) is 0. The summed E-state index contributed by atoms with van der Waals surface area (Å²) in [5.41, 5.74) is -0.741. The molecule has 0 saturated heterocycles. The van der Waals surface area contributed by atoms with Crippen LogP contribution in [0.3, 0.4) is 0 Å². The molecule has 2 nitrogen and oxygen atoms in total. The van der Waals surface area contributed by atoms with E-state index in [9.17, 15) is 13.2 Å². The Balaban J connectivity index is 2.66. The third kappa shape index (κ3) is 3.61. The molecule has 21 heavy (non-hydrogen) atoms. The van der Waals surface area contributed by atoms with Gasteiger partial charge in [0, 0.05) is 11.0 Å². The topological polar surface area (TPSA) is 25.8 Å². The van der Waals surface area contributed by atoms with Crippen LogP contribution < -0.4 is 0 Å². The Morgan fingerprint density at radius 2 is 1.62 bits per heavy atom. The first-order chi connectivity index (χ1) is 9.59. The molecule has 0 unspecified atom stereocenters. The Morgan fingerprint density at radius 1 is 1.00 bits per heavy atom. The lowest BCUT2D eigenvalue weighted by molar-refractivity contribution is -0.137. The number of halogens is 4. The first-order valence-corrected chi connectivity index (χ1v) is 7.10. The van der Waals surface area contributed by atoms with Gasteiger partial charge in [0.2, 0.25) is 0 Å². The van der Waals surface area contributed by atoms with Crippen molar-refractivity contribution in [3.8, 4) is 11.3 Å². The highest BCUT2D eigenvalue weighted by Crippen LogP contribution is 2.37. The molecule has 0 atom stereocenters. The van der Waals surface area contributed by atoms with Crippen molar-refractivity contribution in [2.75, 3.05) is 0 Å². The van der Waals surface area contributed by atoms with Gasteiger partial charge in [-0.2, -0.15) is 13.2 Å². The van der Waals surface area contributed by atoms with E-state index in [2.05, 4.69) is 25.9 Å². The smallest absolute Gasteiger partial charge is 0.232 e. The normalized spacial score (nSPS) is 12.5. The fourth-order valence-electron chi connectivity index (χ4n) is 1.84. The predicted octanol–water partition coefficient (Wildman–Crippen LogP) is 5.22. The lowest BCUT2D eigenvalue weighted by Gasteiger charge is -2.19. The summed E-state index contributed by atoms with van der Waals surface area (Å²) in [6.45, 7) is 5.73. The van der Waals surface area contributed by atoms with Crippen LogP contribution in [0.25, 0.3) is 11.3 Å². The summed E-state index contributed by atoms with van der Waals surface area (Å²) < 4.78 is 39.8. The predicted molar refractivity (Wildman–Crippen MR) is 78.9 cm³/mol. The number of aromatic nitrogens is 2. The minimum Gasteiger partial charge on any atom is -0.232 e. The van der Waals surface area contributed by atoms with Gasteiger partial charge in [0.25, 0.3) is 0 Å². The highest BCUT2D eigenvalue weighted by atomic mass is 79.9. The lowest BCUT2D eigenvalue weighted by Crippen LogP contribution is -2.17. The van der Waals surface area contributed by atoms with Gasteiger partial charge >= 0.3 is 6.18 Å². The molecular formula is C15H14BrF3N2. The molecular weight excluding hydrogens is 345 g/mol. The second kappa shape index (κ2) is 5.40. The Morgan fingerprint density at radius 3 is 2.19 bits per heavy atom. The van der Waals surface area contributed by atoms with E-state index < -0.39 is 11.7 Å². The van der Waals surface area contributed by atoms with Crippen LogP contribution in [-0.4, -0.2) is 9.97 Å². The average Bonchev–Trinajstić information content (AvgIpc) is 2.36. The molecule has 0 aliphatic heterocycles. The lowest BCUT2D eigenvalue weighted by atomic mass is 9.95. The zero-order chi connectivity index (χ0) is 15.8. The standard InChI is InChI=1S/C15H14BrF3N2/c1-14(2,3)13-20-11(8-12(16)21-13)9-6-4-5-7-10(9)15(17,18)19/h4-8H,1-3H3. The van der Waals surface area contributed by atoms with Crippen molar-refractivity contribution in [3.05, 3.63) is 46.3 Å². The van der Waals surface area contributed by atoms with Gasteiger partial charge in [-0.3, -0.25) is 0 Å². The van der Waals surface area contributed by atoms with Crippen LogP contribution in [-0.2, 0) is 11.6 Å². The van der Waals surface area contributed by atoms with Crippen molar-refractivity contribution in [2.45, 2.75) is 32.4 Å². The SMILES string of the molecule is CC(C)(C)c1nc(Br)cc(-c2ccccc2C(F)(F)F)n1. The van der Waals surface area contributed by atoms with Crippen LogP contribution in [0.15, 0.2) is 34.9 Å². The van der Waals surface area contributed by atoms with Crippen molar-refractivity contribution < 1.29 is 13.2 Å². The molecule has 0 aliphatic rings. The molecule has 0 fully saturated rings. The molecule has 0 radical (unpaired) electrons. The molecule has 0 spiro atoms. The van der Waals surface area contributed by atoms with Crippen LogP contribution in [0.5, 0.6) is 0 Å². The molecule has 2 aromatic rings. The van der Waals surface area contributed by atoms with E-state index in [1.165, 1.54) is 18.2 Å². The van der Waals surface area contributed by atoms with Gasteiger partial charge in [-0.25, -0.2) is 9.97 Å². The minimum atomic E-state index is -4.42. The molecule has 0 saturated carbocycles. The van der Waals surface area contributed by atoms with Crippen molar-refractivity contribution in [3.63, 3.8) is 0 Å². The third-order valence-corrected chi connectivity index (χ3v) is 3.28. The fraction of sp³-hybridized carbons (Fsp3) is 0.333. The molecule has 112 valence electrons. The van der Waals surface area contributed by atoms with Crippen molar-refractivity contribution in [1.82, 2.24) is 9.97 Å². The van der Waals surface area contributed by atoms with E-state index in [4.69, 9.17) is 0 Å². The first-order valence-electron chi connectivity index (χ1n) is 6.31. The molecule has 1 aromatic heterocycles. The zero-order valence-corrected chi connectivity index (χ0v) is 13.4. The Labute approximate surface area is 129 Å². The average molecular weight is 359 g/mol. The van der Waals surface area contributed by atoms with Gasteiger partial charge in [-0.1, -0.05) is 39.0 Å². The van der Waals surface area contributed by atoms with E-state index in [-0.39, 0.29) is 16.7 Å². The van der Waals surface area contributed by atoms with E-state index in [0.29, 0.717) is 10.4 Å². The van der Waals surface area contributed by atoms with Gasteiger partial charge in [-0.05, 0) is 28.1 Å². The second-order valence-electron chi connectivity index (χ2n) is 5.69. The molecule has 2 rings (SSSR count). The number of alkyl halides is 3. The maximum absolute atomic E-state index is 13.1. The van der Waals surface area contributed by atoms with Crippen LogP contribution in [0, 0.1) is 0 Å². The Kier molecular flexibility index (Phi) is 4.10. The van der Waals surface area contributed by atoms with Crippen LogP contribution in [0.1, 0.15) is 32.2 Å². The van der Waals surface area contributed by atoms with Crippen LogP contribution in [0.2, 0.25) is 0 Å². The van der Waals surface area contributed by atoms with Crippen LogP contribution >= 0.6 is 15.9 Å². The molecule has 0 aliphatic carbocycles. The van der Waals surface area contributed by atoms with Crippen molar-refractivity contribution >= 4 is 15.9 Å². The molecule has 0 bridgehead atoms. The van der Waals surface area contributed by atoms with Gasteiger partial charge in [-0.15, -0.1) is 0 Å². The number of hydrogen-bond acceptors (Lipinski definition) is 2. The second-order valence-corrected chi connectivity index (χ2v) is 6.51. The molecule has 6 heteroatoms. The van der Waals surface area contributed by atoms with E-state index >= 15 is 0 Å². The van der Waals surface area contributed by atoms with E-state index in [1.807, 2.05) is 20.8 Å². The summed E-state index contributed by atoms with van der Waals surface area (Å²) in [7, 11) is 0. The van der Waals surface area contributed by atoms with Gasteiger partial charge < -0.3 is 0 Å². The highest BCUT2D eigenvalue weighted by Gasteiger charge is 2.34. The number of rotatable bonds is 1. The monoisotopic (exact) mass is 358 g/mol. The third-order valence-electron chi connectivity index (χ3n) is 2.87.